The molecule has 32 heavy (non-hydrogen) atoms. The van der Waals surface area contributed by atoms with Gasteiger partial charge in [-0.3, -0.25) is 4.79 Å². The van der Waals surface area contributed by atoms with E-state index in [9.17, 15) is 13.2 Å². The lowest BCUT2D eigenvalue weighted by Gasteiger charge is -2.23. The molecule has 0 aliphatic rings. The van der Waals surface area contributed by atoms with E-state index in [0.29, 0.717) is 5.69 Å². The van der Waals surface area contributed by atoms with Crippen molar-refractivity contribution in [1.29, 1.82) is 0 Å². The molecule has 0 unspecified atom stereocenters. The number of hydrogen-bond donors (Lipinski definition) is 1. The molecule has 0 aliphatic carbocycles. The van der Waals surface area contributed by atoms with Gasteiger partial charge in [0.15, 0.2) is 0 Å². The average molecular weight is 473 g/mol. The maximum Gasteiger partial charge on any atom is 0.247 e. The van der Waals surface area contributed by atoms with E-state index in [-0.39, 0.29) is 28.8 Å². The van der Waals surface area contributed by atoms with Crippen LogP contribution in [0.4, 0.5) is 5.69 Å². The first-order valence-electron chi connectivity index (χ1n) is 9.95. The lowest BCUT2D eigenvalue weighted by Crippen LogP contribution is -2.37. The molecule has 0 heterocycles. The van der Waals surface area contributed by atoms with Gasteiger partial charge in [-0.1, -0.05) is 48.0 Å². The van der Waals surface area contributed by atoms with Gasteiger partial charge in [-0.25, -0.2) is 8.42 Å². The van der Waals surface area contributed by atoms with Crippen LogP contribution in [0.1, 0.15) is 16.7 Å². The molecule has 0 saturated carbocycles. The van der Waals surface area contributed by atoms with Crippen LogP contribution in [0.2, 0.25) is 5.02 Å². The number of halogens is 1. The molecule has 0 spiro atoms. The monoisotopic (exact) mass is 472 g/mol. The van der Waals surface area contributed by atoms with Gasteiger partial charge < -0.3 is 10.1 Å². The third-order valence-corrected chi connectivity index (χ3v) is 6.82. The van der Waals surface area contributed by atoms with Crippen molar-refractivity contribution >= 4 is 33.2 Å². The number of carbonyl (C=O) groups excluding carboxylic acids is 1. The summed E-state index contributed by atoms with van der Waals surface area (Å²) < 4.78 is 33.5. The van der Waals surface area contributed by atoms with Gasteiger partial charge >= 0.3 is 0 Å². The summed E-state index contributed by atoms with van der Waals surface area (Å²) in [7, 11) is -2.72. The second kappa shape index (κ2) is 10.2. The van der Waals surface area contributed by atoms with Crippen molar-refractivity contribution in [2.24, 2.45) is 0 Å². The summed E-state index contributed by atoms with van der Waals surface area (Å²) in [6.07, 6.45) is 0. The molecule has 0 aliphatic heterocycles. The molecule has 0 saturated heterocycles. The van der Waals surface area contributed by atoms with E-state index >= 15 is 0 Å². The Morgan fingerprint density at radius 1 is 1.00 bits per heavy atom. The fourth-order valence-electron chi connectivity index (χ4n) is 3.41. The molecule has 3 aromatic rings. The number of carbonyl (C=O) groups is 1. The molecule has 3 aromatic carbocycles. The second-order valence-corrected chi connectivity index (χ2v) is 9.82. The van der Waals surface area contributed by atoms with Gasteiger partial charge in [-0.2, -0.15) is 4.31 Å². The van der Waals surface area contributed by atoms with Gasteiger partial charge in [0.1, 0.15) is 10.6 Å². The van der Waals surface area contributed by atoms with Crippen molar-refractivity contribution in [3.63, 3.8) is 0 Å². The highest BCUT2D eigenvalue weighted by Gasteiger charge is 2.30. The lowest BCUT2D eigenvalue weighted by atomic mass is 10.1. The standard InChI is InChI=1S/C24H25ClN2O4S/c1-17-11-18(2)13-21(12-17)26-24(28)16-27(15-19-7-5-4-6-8-19)32(29,30)23-14-20(25)9-10-22(23)31-3/h4-14H,15-16H2,1-3H3,(H,26,28). The van der Waals surface area contributed by atoms with Crippen molar-refractivity contribution in [2.75, 3.05) is 19.0 Å². The summed E-state index contributed by atoms with van der Waals surface area (Å²) in [4.78, 5) is 12.8. The van der Waals surface area contributed by atoms with Crippen molar-refractivity contribution in [3.05, 3.63) is 88.4 Å². The first-order chi connectivity index (χ1) is 15.2. The van der Waals surface area contributed by atoms with Crippen molar-refractivity contribution in [2.45, 2.75) is 25.3 Å². The number of sulfonamides is 1. The molecule has 168 valence electrons. The smallest absolute Gasteiger partial charge is 0.247 e. The minimum Gasteiger partial charge on any atom is -0.495 e. The molecule has 0 atom stereocenters. The maximum absolute atomic E-state index is 13.6. The fourth-order valence-corrected chi connectivity index (χ4v) is 5.21. The summed E-state index contributed by atoms with van der Waals surface area (Å²) in [6.45, 7) is 3.50. The number of hydrogen-bond acceptors (Lipinski definition) is 4. The van der Waals surface area contributed by atoms with Gasteiger partial charge in [0.05, 0.1) is 13.7 Å². The van der Waals surface area contributed by atoms with E-state index in [0.717, 1.165) is 21.0 Å². The van der Waals surface area contributed by atoms with Crippen LogP contribution >= 0.6 is 11.6 Å². The molecule has 0 bridgehead atoms. The Hall–Kier alpha value is -2.87. The molecule has 8 heteroatoms. The molecule has 0 aromatic heterocycles. The van der Waals surface area contributed by atoms with Crippen LogP contribution in [0.3, 0.4) is 0 Å². The average Bonchev–Trinajstić information content (AvgIpc) is 2.73. The number of ether oxygens (including phenoxy) is 1. The molecule has 3 rings (SSSR count). The third-order valence-electron chi connectivity index (χ3n) is 4.77. The van der Waals surface area contributed by atoms with Crippen LogP contribution in [-0.4, -0.2) is 32.3 Å². The first-order valence-corrected chi connectivity index (χ1v) is 11.8. The highest BCUT2D eigenvalue weighted by atomic mass is 35.5. The normalized spacial score (nSPS) is 11.4. The van der Waals surface area contributed by atoms with Gasteiger partial charge in [-0.15, -0.1) is 0 Å². The van der Waals surface area contributed by atoms with Gasteiger partial charge in [0.2, 0.25) is 15.9 Å². The van der Waals surface area contributed by atoms with E-state index in [1.807, 2.05) is 50.2 Å². The van der Waals surface area contributed by atoms with Gasteiger partial charge in [0.25, 0.3) is 0 Å². The Morgan fingerprint density at radius 3 is 2.28 bits per heavy atom. The Bertz CT molecular complexity index is 1190. The summed E-state index contributed by atoms with van der Waals surface area (Å²) in [5.41, 5.74) is 3.36. The largest absolute Gasteiger partial charge is 0.495 e. The van der Waals surface area contributed by atoms with Crippen LogP contribution < -0.4 is 10.1 Å². The van der Waals surface area contributed by atoms with Crippen molar-refractivity contribution < 1.29 is 17.9 Å². The van der Waals surface area contributed by atoms with Crippen molar-refractivity contribution in [3.8, 4) is 5.75 Å². The molecule has 0 fully saturated rings. The zero-order valence-electron chi connectivity index (χ0n) is 18.1. The van der Waals surface area contributed by atoms with Gasteiger partial charge in [0, 0.05) is 17.3 Å². The molecule has 0 radical (unpaired) electrons. The molecular weight excluding hydrogens is 448 g/mol. The number of anilines is 1. The molecule has 6 nitrogen and oxygen atoms in total. The zero-order chi connectivity index (χ0) is 23.3. The van der Waals surface area contributed by atoms with E-state index in [2.05, 4.69) is 5.32 Å². The van der Waals surface area contributed by atoms with E-state index in [1.54, 1.807) is 18.2 Å². The minimum absolute atomic E-state index is 0.0130. The second-order valence-electron chi connectivity index (χ2n) is 7.48. The zero-order valence-corrected chi connectivity index (χ0v) is 19.7. The Kier molecular flexibility index (Phi) is 7.56. The van der Waals surface area contributed by atoms with Crippen LogP contribution in [0.15, 0.2) is 71.6 Å². The topological polar surface area (TPSA) is 75.7 Å². The van der Waals surface area contributed by atoms with Crippen LogP contribution in [0.25, 0.3) is 0 Å². The van der Waals surface area contributed by atoms with Crippen LogP contribution in [0.5, 0.6) is 5.75 Å². The van der Waals surface area contributed by atoms with Crippen molar-refractivity contribution in [1.82, 2.24) is 4.31 Å². The number of methoxy groups -OCH3 is 1. The predicted molar refractivity (Wildman–Crippen MR) is 127 cm³/mol. The maximum atomic E-state index is 13.6. The number of aryl methyl sites for hydroxylation is 2. The number of nitrogens with one attached hydrogen (secondary N) is 1. The number of amides is 1. The summed E-state index contributed by atoms with van der Waals surface area (Å²) in [5.74, 6) is -0.294. The first kappa shape index (κ1) is 23.8. The van der Waals surface area contributed by atoms with E-state index in [4.69, 9.17) is 16.3 Å². The number of benzene rings is 3. The van der Waals surface area contributed by atoms with Gasteiger partial charge in [-0.05, 0) is 60.9 Å². The third kappa shape index (κ3) is 5.88. The SMILES string of the molecule is COc1ccc(Cl)cc1S(=O)(=O)N(CC(=O)Nc1cc(C)cc(C)c1)Cc1ccccc1. The summed E-state index contributed by atoms with van der Waals surface area (Å²) in [6, 6.07) is 19.1. The van der Waals surface area contributed by atoms with Crippen LogP contribution in [-0.2, 0) is 21.4 Å². The highest BCUT2D eigenvalue weighted by molar-refractivity contribution is 7.89. The lowest BCUT2D eigenvalue weighted by molar-refractivity contribution is -0.116. The van der Waals surface area contributed by atoms with E-state index < -0.39 is 15.9 Å². The highest BCUT2D eigenvalue weighted by Crippen LogP contribution is 2.30. The molecular formula is C24H25ClN2O4S. The molecule has 1 amide bonds. The van der Waals surface area contributed by atoms with Crippen LogP contribution in [0, 0.1) is 13.8 Å². The number of rotatable bonds is 8. The quantitative estimate of drug-likeness (QED) is 0.511. The Labute approximate surface area is 193 Å². The van der Waals surface area contributed by atoms with E-state index in [1.165, 1.54) is 19.2 Å². The fraction of sp³-hybridized carbons (Fsp3) is 0.208. The molecule has 1 N–H and O–H groups in total. The minimum atomic E-state index is -4.11. The predicted octanol–water partition coefficient (Wildman–Crippen LogP) is 4.80. The Morgan fingerprint density at radius 2 is 1.66 bits per heavy atom. The summed E-state index contributed by atoms with van der Waals surface area (Å²) >= 11 is 6.07. The Balaban J connectivity index is 1.94. The number of nitrogens with zero attached hydrogens (tertiary/aromatic N) is 1. The summed E-state index contributed by atoms with van der Waals surface area (Å²) in [5, 5.41) is 3.05.